The fourth-order valence-corrected chi connectivity index (χ4v) is 9.09. The molecule has 0 N–H and O–H groups in total. The van der Waals surface area contributed by atoms with E-state index >= 15 is 0 Å². The first-order valence-electron chi connectivity index (χ1n) is 16.6. The smallest absolute Gasteiger partial charge is 0.138 e. The Morgan fingerprint density at radius 1 is 0.469 bits per heavy atom. The van der Waals surface area contributed by atoms with Crippen LogP contribution in [0.25, 0.3) is 80.8 Å². The molecule has 7 aromatic carbocycles. The molecule has 0 unspecified atom stereocenters. The second-order valence-corrected chi connectivity index (χ2v) is 13.9. The van der Waals surface area contributed by atoms with Crippen molar-refractivity contribution in [1.82, 2.24) is 9.55 Å². The zero-order valence-electron chi connectivity index (χ0n) is 26.3. The molecule has 4 heteroatoms. The summed E-state index contributed by atoms with van der Waals surface area (Å²) in [6, 6.07) is 59.3. The molecule has 10 aromatic rings. The Balaban J connectivity index is 1.13. The summed E-state index contributed by atoms with van der Waals surface area (Å²) in [7, 11) is 0. The second-order valence-electron chi connectivity index (χ2n) is 12.8. The minimum atomic E-state index is 0.910. The van der Waals surface area contributed by atoms with Crippen molar-refractivity contribution < 1.29 is 0 Å². The second kappa shape index (κ2) is 10.1. The van der Waals surface area contributed by atoms with Gasteiger partial charge in [-0.15, -0.1) is 11.3 Å². The summed E-state index contributed by atoms with van der Waals surface area (Å²) in [5.41, 5.74) is 10.4. The summed E-state index contributed by atoms with van der Waals surface area (Å²) in [5, 5.41) is 7.57. The number of para-hydroxylation sites is 2. The van der Waals surface area contributed by atoms with Crippen LogP contribution < -0.4 is 4.90 Å². The van der Waals surface area contributed by atoms with Crippen LogP contribution in [0.5, 0.6) is 0 Å². The SMILES string of the molecule is c1ccc(-n2c3ccccc3c3cc(-c4cccc(N5c6cc7sc8ccccc8c7cc6-c6cccc7cccc5c67)n4)ccc32)cc1. The minimum Gasteiger partial charge on any atom is -0.309 e. The topological polar surface area (TPSA) is 21.1 Å². The number of aromatic nitrogens is 2. The van der Waals surface area contributed by atoms with E-state index in [0.717, 1.165) is 34.1 Å². The molecule has 228 valence electrons. The molecule has 0 spiro atoms. The molecule has 0 aliphatic carbocycles. The third-order valence-electron chi connectivity index (χ3n) is 10.1. The lowest BCUT2D eigenvalue weighted by Crippen LogP contribution is -2.16. The quantitative estimate of drug-likeness (QED) is 0.191. The Hall–Kier alpha value is -6.23. The molecule has 11 rings (SSSR count). The summed E-state index contributed by atoms with van der Waals surface area (Å²) in [4.78, 5) is 7.80. The van der Waals surface area contributed by atoms with Crippen LogP contribution in [0.1, 0.15) is 0 Å². The Labute approximate surface area is 286 Å². The number of anilines is 3. The number of thiophene rings is 1. The molecular weight excluding hydrogens is 615 g/mol. The number of benzene rings is 7. The third kappa shape index (κ3) is 3.86. The van der Waals surface area contributed by atoms with Crippen molar-refractivity contribution in [3.05, 3.63) is 164 Å². The van der Waals surface area contributed by atoms with Gasteiger partial charge in [-0.3, -0.25) is 4.90 Å². The number of rotatable bonds is 3. The van der Waals surface area contributed by atoms with Gasteiger partial charge in [-0.2, -0.15) is 0 Å². The lowest BCUT2D eigenvalue weighted by molar-refractivity contribution is 1.18. The van der Waals surface area contributed by atoms with Gasteiger partial charge in [0.15, 0.2) is 0 Å². The number of nitrogens with zero attached hydrogens (tertiary/aromatic N) is 3. The molecule has 0 saturated heterocycles. The van der Waals surface area contributed by atoms with E-state index in [4.69, 9.17) is 4.98 Å². The maximum Gasteiger partial charge on any atom is 0.138 e. The molecule has 3 aromatic heterocycles. The highest BCUT2D eigenvalue weighted by molar-refractivity contribution is 7.25. The summed E-state index contributed by atoms with van der Waals surface area (Å²) >= 11 is 1.86. The van der Waals surface area contributed by atoms with Gasteiger partial charge in [-0.05, 0) is 77.7 Å². The maximum absolute atomic E-state index is 5.42. The van der Waals surface area contributed by atoms with E-state index < -0.39 is 0 Å². The van der Waals surface area contributed by atoms with E-state index in [9.17, 15) is 0 Å². The number of hydrogen-bond acceptors (Lipinski definition) is 3. The third-order valence-corrected chi connectivity index (χ3v) is 11.2. The first-order chi connectivity index (χ1) is 24.3. The van der Waals surface area contributed by atoms with Crippen molar-refractivity contribution in [2.45, 2.75) is 0 Å². The van der Waals surface area contributed by atoms with Gasteiger partial charge in [0.25, 0.3) is 0 Å². The summed E-state index contributed by atoms with van der Waals surface area (Å²) in [6.07, 6.45) is 0. The highest BCUT2D eigenvalue weighted by Crippen LogP contribution is 2.53. The maximum atomic E-state index is 5.42. The molecule has 4 heterocycles. The largest absolute Gasteiger partial charge is 0.309 e. The molecule has 0 fully saturated rings. The molecule has 0 saturated carbocycles. The first-order valence-corrected chi connectivity index (χ1v) is 17.5. The van der Waals surface area contributed by atoms with Gasteiger partial charge in [-0.25, -0.2) is 4.98 Å². The van der Waals surface area contributed by atoms with E-state index in [0.29, 0.717) is 0 Å². The van der Waals surface area contributed by atoms with E-state index in [1.807, 2.05) is 11.3 Å². The number of fused-ring (bicyclic) bond motifs is 8. The van der Waals surface area contributed by atoms with Crippen LogP contribution in [0.3, 0.4) is 0 Å². The zero-order valence-corrected chi connectivity index (χ0v) is 27.2. The van der Waals surface area contributed by atoms with Crippen molar-refractivity contribution in [2.75, 3.05) is 4.90 Å². The molecule has 1 aliphatic rings. The van der Waals surface area contributed by atoms with Crippen LogP contribution in [-0.2, 0) is 0 Å². The Morgan fingerprint density at radius 2 is 1.24 bits per heavy atom. The fraction of sp³-hybridized carbons (Fsp3) is 0. The first kappa shape index (κ1) is 26.8. The lowest BCUT2D eigenvalue weighted by Gasteiger charge is -2.33. The van der Waals surface area contributed by atoms with E-state index in [1.54, 1.807) is 0 Å². The molecule has 1 aliphatic heterocycles. The van der Waals surface area contributed by atoms with Crippen LogP contribution in [0.4, 0.5) is 17.2 Å². The van der Waals surface area contributed by atoms with Gasteiger partial charge in [0.1, 0.15) is 5.82 Å². The van der Waals surface area contributed by atoms with Gasteiger partial charge >= 0.3 is 0 Å². The Kier molecular flexibility index (Phi) is 5.54. The van der Waals surface area contributed by atoms with Crippen LogP contribution in [0, 0.1) is 0 Å². The van der Waals surface area contributed by atoms with E-state index in [2.05, 4.69) is 173 Å². The molecule has 0 atom stereocenters. The molecule has 0 amide bonds. The van der Waals surface area contributed by atoms with Gasteiger partial charge in [0, 0.05) is 53.1 Å². The van der Waals surface area contributed by atoms with Crippen molar-refractivity contribution in [2.24, 2.45) is 0 Å². The Morgan fingerprint density at radius 3 is 2.16 bits per heavy atom. The molecular formula is C45H27N3S. The molecule has 49 heavy (non-hydrogen) atoms. The van der Waals surface area contributed by atoms with Gasteiger partial charge in [-0.1, -0.05) is 97.1 Å². The van der Waals surface area contributed by atoms with Crippen molar-refractivity contribution in [3.8, 4) is 28.1 Å². The molecule has 0 radical (unpaired) electrons. The standard InChI is InChI=1S/C45H27N3S/c1-2-13-30(14-3-1)47-38-19-6-4-15-31(38)34-25-29(23-24-39(34)47)37-18-10-22-44(46-37)48-40-20-9-12-28-11-8-17-33(45(28)40)35-26-36-32-16-5-7-21-42(32)49-43(36)27-41(35)48/h1-27H. The monoisotopic (exact) mass is 641 g/mol. The van der Waals surface area contributed by atoms with Crippen LogP contribution in [-0.4, -0.2) is 9.55 Å². The average Bonchev–Trinajstić information content (AvgIpc) is 3.70. The van der Waals surface area contributed by atoms with Gasteiger partial charge in [0.05, 0.1) is 28.1 Å². The van der Waals surface area contributed by atoms with E-state index in [-0.39, 0.29) is 0 Å². The van der Waals surface area contributed by atoms with Crippen LogP contribution >= 0.6 is 11.3 Å². The van der Waals surface area contributed by atoms with Crippen LogP contribution in [0.2, 0.25) is 0 Å². The average molecular weight is 642 g/mol. The van der Waals surface area contributed by atoms with Crippen molar-refractivity contribution >= 4 is 81.3 Å². The molecule has 3 nitrogen and oxygen atoms in total. The lowest BCUT2D eigenvalue weighted by atomic mass is 9.90. The highest BCUT2D eigenvalue weighted by Gasteiger charge is 2.28. The van der Waals surface area contributed by atoms with Gasteiger partial charge in [0.2, 0.25) is 0 Å². The normalized spacial score (nSPS) is 12.4. The minimum absolute atomic E-state index is 0.910. The van der Waals surface area contributed by atoms with Crippen molar-refractivity contribution in [1.29, 1.82) is 0 Å². The zero-order chi connectivity index (χ0) is 32.1. The fourth-order valence-electron chi connectivity index (χ4n) is 7.97. The summed E-state index contributed by atoms with van der Waals surface area (Å²) < 4.78 is 4.95. The van der Waals surface area contributed by atoms with Crippen molar-refractivity contribution in [3.63, 3.8) is 0 Å². The number of pyridine rings is 1. The van der Waals surface area contributed by atoms with Crippen LogP contribution in [0.15, 0.2) is 164 Å². The summed E-state index contributed by atoms with van der Waals surface area (Å²) in [5.74, 6) is 0.910. The van der Waals surface area contributed by atoms with Gasteiger partial charge < -0.3 is 4.57 Å². The predicted octanol–water partition coefficient (Wildman–Crippen LogP) is 12.8. The highest BCUT2D eigenvalue weighted by atomic mass is 32.1. The predicted molar refractivity (Wildman–Crippen MR) is 208 cm³/mol. The van der Waals surface area contributed by atoms with E-state index in [1.165, 1.54) is 63.9 Å². The summed E-state index contributed by atoms with van der Waals surface area (Å²) in [6.45, 7) is 0. The Bertz CT molecular complexity index is 2950. The molecule has 0 bridgehead atoms. The number of hydrogen-bond donors (Lipinski definition) is 0.